The Kier molecular flexibility index (Phi) is 5.50. The molecule has 0 saturated heterocycles. The first-order valence-electron chi connectivity index (χ1n) is 7.41. The van der Waals surface area contributed by atoms with E-state index in [1.807, 2.05) is 35.1 Å². The second-order valence-electron chi connectivity index (χ2n) is 5.56. The summed E-state index contributed by atoms with van der Waals surface area (Å²) in [5, 5.41) is 0. The number of amides is 1. The number of Topliss-reactive ketones (excluding diaryl/α,β-unsaturated/α-hetero) is 1. The molecule has 0 radical (unpaired) electrons. The number of para-hydroxylation sites is 1. The predicted molar refractivity (Wildman–Crippen MR) is 89.3 cm³/mol. The van der Waals surface area contributed by atoms with Crippen molar-refractivity contribution in [3.05, 3.63) is 48.5 Å². The highest BCUT2D eigenvalue weighted by molar-refractivity contribution is 7.89. The molecule has 2 rings (SSSR count). The minimum absolute atomic E-state index is 0.0496. The van der Waals surface area contributed by atoms with E-state index in [1.165, 1.54) is 0 Å². The van der Waals surface area contributed by atoms with Gasteiger partial charge in [-0.1, -0.05) is 25.1 Å². The van der Waals surface area contributed by atoms with Gasteiger partial charge in [0, 0.05) is 30.4 Å². The molecule has 0 aliphatic carbocycles. The van der Waals surface area contributed by atoms with Gasteiger partial charge in [0.15, 0.2) is 5.82 Å². The van der Waals surface area contributed by atoms with Crippen LogP contribution in [-0.2, 0) is 14.8 Å². The van der Waals surface area contributed by atoms with Gasteiger partial charge < -0.3 is 0 Å². The predicted octanol–water partition coefficient (Wildman–Crippen LogP) is 1.55. The summed E-state index contributed by atoms with van der Waals surface area (Å²) in [6.07, 6.45) is 4.35. The molecule has 0 spiro atoms. The molecule has 7 nitrogen and oxygen atoms in total. The van der Waals surface area contributed by atoms with Crippen LogP contribution in [0, 0.1) is 5.92 Å². The number of carbonyl (C=O) groups excluding carboxylic acids is 2. The van der Waals surface area contributed by atoms with Gasteiger partial charge in [-0.3, -0.25) is 18.9 Å². The maximum absolute atomic E-state index is 12.6. The van der Waals surface area contributed by atoms with Crippen molar-refractivity contribution in [1.82, 2.24) is 14.3 Å². The minimum atomic E-state index is -3.58. The fraction of sp³-hybridized carbons (Fsp3) is 0.312. The van der Waals surface area contributed by atoms with Crippen molar-refractivity contribution in [2.45, 2.75) is 19.8 Å². The molecule has 0 bridgehead atoms. The molecule has 8 heteroatoms. The van der Waals surface area contributed by atoms with E-state index in [4.69, 9.17) is 0 Å². The van der Waals surface area contributed by atoms with Crippen LogP contribution in [0.4, 0.5) is 0 Å². The van der Waals surface area contributed by atoms with E-state index in [0.717, 1.165) is 11.9 Å². The molecule has 1 unspecified atom stereocenters. The first-order valence-corrected chi connectivity index (χ1v) is 9.30. The third kappa shape index (κ3) is 4.76. The van der Waals surface area contributed by atoms with Gasteiger partial charge in [0.05, 0.1) is 6.26 Å². The topological polar surface area (TPSA) is 98.1 Å². The van der Waals surface area contributed by atoms with Crippen LogP contribution in [0.3, 0.4) is 0 Å². The second-order valence-corrected chi connectivity index (χ2v) is 7.31. The Labute approximate surface area is 140 Å². The van der Waals surface area contributed by atoms with Gasteiger partial charge in [0.25, 0.3) is 0 Å². The molecular weight excluding hydrogens is 330 g/mol. The highest BCUT2D eigenvalue weighted by atomic mass is 32.2. The Bertz CT molecular complexity index is 828. The Hall–Kier alpha value is -2.48. The van der Waals surface area contributed by atoms with Crippen molar-refractivity contribution in [3.63, 3.8) is 0 Å². The number of rotatable bonds is 7. The molecule has 1 aromatic carbocycles. The van der Waals surface area contributed by atoms with Gasteiger partial charge in [0.2, 0.25) is 21.7 Å². The summed E-state index contributed by atoms with van der Waals surface area (Å²) < 4.78 is 25.6. The van der Waals surface area contributed by atoms with Crippen LogP contribution in [0.15, 0.2) is 42.7 Å². The van der Waals surface area contributed by atoms with Gasteiger partial charge in [0.1, 0.15) is 0 Å². The number of aromatic nitrogens is 2. The van der Waals surface area contributed by atoms with Gasteiger partial charge in [-0.05, 0) is 18.6 Å². The zero-order valence-corrected chi connectivity index (χ0v) is 14.3. The van der Waals surface area contributed by atoms with Crippen LogP contribution in [0.5, 0.6) is 0 Å². The summed E-state index contributed by atoms with van der Waals surface area (Å²) in [5.41, 5.74) is 0.820. The van der Waals surface area contributed by atoms with Crippen molar-refractivity contribution in [2.24, 2.45) is 5.92 Å². The molecular formula is C16H19N3O4S. The lowest BCUT2D eigenvalue weighted by atomic mass is 9.99. The fourth-order valence-corrected chi connectivity index (χ4v) is 2.76. The standard InChI is InChI=1S/C16H19N3O4S/c1-12(8-9-14(20)18-24(2,22)23)15(21)16-17-10-11-19(16)13-6-4-3-5-7-13/h3-7,10-12H,8-9H2,1-2H3,(H,18,20). The van der Waals surface area contributed by atoms with Gasteiger partial charge in [-0.15, -0.1) is 0 Å². The SMILES string of the molecule is CC(CCC(=O)NS(C)(=O)=O)C(=O)c1nccn1-c1ccccc1. The van der Waals surface area contributed by atoms with E-state index in [1.54, 1.807) is 23.9 Å². The van der Waals surface area contributed by atoms with Crippen molar-refractivity contribution in [2.75, 3.05) is 6.26 Å². The van der Waals surface area contributed by atoms with Crippen LogP contribution in [0.2, 0.25) is 0 Å². The molecule has 0 fully saturated rings. The number of hydrogen-bond donors (Lipinski definition) is 1. The molecule has 2 aromatic rings. The molecule has 24 heavy (non-hydrogen) atoms. The van der Waals surface area contributed by atoms with Crippen LogP contribution in [0.25, 0.3) is 5.69 Å². The first-order chi connectivity index (χ1) is 11.3. The Morgan fingerprint density at radius 3 is 2.54 bits per heavy atom. The summed E-state index contributed by atoms with van der Waals surface area (Å²) in [6.45, 7) is 1.69. The number of benzene rings is 1. The summed E-state index contributed by atoms with van der Waals surface area (Å²) >= 11 is 0. The van der Waals surface area contributed by atoms with Crippen LogP contribution < -0.4 is 4.72 Å². The van der Waals surface area contributed by atoms with Crippen LogP contribution in [-0.4, -0.2) is 35.9 Å². The minimum Gasteiger partial charge on any atom is -0.297 e. The lowest BCUT2D eigenvalue weighted by molar-refractivity contribution is -0.119. The van der Waals surface area contributed by atoms with Gasteiger partial charge >= 0.3 is 0 Å². The monoisotopic (exact) mass is 349 g/mol. The highest BCUT2D eigenvalue weighted by Gasteiger charge is 2.22. The van der Waals surface area contributed by atoms with Crippen LogP contribution in [0.1, 0.15) is 30.4 Å². The molecule has 1 heterocycles. The Morgan fingerprint density at radius 1 is 1.25 bits per heavy atom. The number of nitrogens with one attached hydrogen (secondary N) is 1. The number of ketones is 1. The van der Waals surface area contributed by atoms with Gasteiger partial charge in [-0.25, -0.2) is 13.4 Å². The number of hydrogen-bond acceptors (Lipinski definition) is 5. The highest BCUT2D eigenvalue weighted by Crippen LogP contribution is 2.16. The van der Waals surface area contributed by atoms with E-state index in [9.17, 15) is 18.0 Å². The van der Waals surface area contributed by atoms with E-state index in [2.05, 4.69) is 4.98 Å². The molecule has 0 aliphatic rings. The molecule has 128 valence electrons. The van der Waals surface area contributed by atoms with Crippen molar-refractivity contribution in [1.29, 1.82) is 0 Å². The molecule has 0 aliphatic heterocycles. The molecule has 1 atom stereocenters. The number of carbonyl (C=O) groups is 2. The largest absolute Gasteiger partial charge is 0.297 e. The lowest BCUT2D eigenvalue weighted by Crippen LogP contribution is -2.30. The molecule has 1 aromatic heterocycles. The van der Waals surface area contributed by atoms with Crippen molar-refractivity contribution < 1.29 is 18.0 Å². The third-order valence-corrected chi connectivity index (χ3v) is 4.05. The van der Waals surface area contributed by atoms with E-state index >= 15 is 0 Å². The number of sulfonamides is 1. The van der Waals surface area contributed by atoms with E-state index in [-0.39, 0.29) is 24.4 Å². The molecule has 1 amide bonds. The Balaban J connectivity index is 2.05. The summed E-state index contributed by atoms with van der Waals surface area (Å²) in [6, 6.07) is 9.33. The van der Waals surface area contributed by atoms with Gasteiger partial charge in [-0.2, -0.15) is 0 Å². The number of imidazole rings is 1. The average Bonchev–Trinajstić information content (AvgIpc) is 3.00. The Morgan fingerprint density at radius 2 is 1.92 bits per heavy atom. The first kappa shape index (κ1) is 17.9. The van der Waals surface area contributed by atoms with E-state index < -0.39 is 21.8 Å². The normalized spacial score (nSPS) is 12.6. The third-order valence-electron chi connectivity index (χ3n) is 3.45. The average molecular weight is 349 g/mol. The zero-order valence-electron chi connectivity index (χ0n) is 13.5. The maximum atomic E-state index is 12.6. The smallest absolute Gasteiger partial charge is 0.233 e. The lowest BCUT2D eigenvalue weighted by Gasteiger charge is -2.12. The summed E-state index contributed by atoms with van der Waals surface area (Å²) in [7, 11) is -3.58. The van der Waals surface area contributed by atoms with Crippen molar-refractivity contribution in [3.8, 4) is 5.69 Å². The summed E-state index contributed by atoms with van der Waals surface area (Å²) in [4.78, 5) is 28.2. The fourth-order valence-electron chi connectivity index (χ4n) is 2.24. The molecule has 0 saturated carbocycles. The summed E-state index contributed by atoms with van der Waals surface area (Å²) in [5.74, 6) is -0.989. The second kappa shape index (κ2) is 7.39. The van der Waals surface area contributed by atoms with E-state index in [0.29, 0.717) is 0 Å². The maximum Gasteiger partial charge on any atom is 0.233 e. The quantitative estimate of drug-likeness (QED) is 0.765. The van der Waals surface area contributed by atoms with Crippen molar-refractivity contribution >= 4 is 21.7 Å². The molecule has 1 N–H and O–H groups in total. The zero-order chi connectivity index (χ0) is 17.7. The van der Waals surface area contributed by atoms with Crippen LogP contribution >= 0.6 is 0 Å². The number of nitrogens with zero attached hydrogens (tertiary/aromatic N) is 2.